The molecule has 2 amide bonds. The second-order valence-corrected chi connectivity index (χ2v) is 5.29. The van der Waals surface area contributed by atoms with Gasteiger partial charge in [-0.3, -0.25) is 20.4 Å². The number of amides is 2. The number of rotatable bonds is 8. The van der Waals surface area contributed by atoms with Crippen molar-refractivity contribution in [3.05, 3.63) is 23.8 Å². The van der Waals surface area contributed by atoms with E-state index < -0.39 is 5.91 Å². The normalized spacial score (nSPS) is 10.3. The number of ether oxygens (including phenoxy) is 3. The largest absolute Gasteiger partial charge is 0.493 e. The summed E-state index contributed by atoms with van der Waals surface area (Å²) in [6, 6.07) is 4.73. The van der Waals surface area contributed by atoms with Crippen LogP contribution in [0.1, 0.15) is 30.6 Å². The third kappa shape index (κ3) is 6.56. The van der Waals surface area contributed by atoms with Crippen LogP contribution in [0.15, 0.2) is 18.2 Å². The van der Waals surface area contributed by atoms with Crippen molar-refractivity contribution in [2.45, 2.75) is 20.3 Å². The van der Waals surface area contributed by atoms with E-state index in [1.54, 1.807) is 12.1 Å². The van der Waals surface area contributed by atoms with Crippen LogP contribution >= 0.6 is 0 Å². The summed E-state index contributed by atoms with van der Waals surface area (Å²) in [5, 5.41) is 0. The Morgan fingerprint density at radius 2 is 1.78 bits per heavy atom. The first-order valence-corrected chi connectivity index (χ1v) is 7.36. The molecule has 0 atom stereocenters. The van der Waals surface area contributed by atoms with Crippen LogP contribution in [0.4, 0.5) is 0 Å². The molecule has 0 aliphatic carbocycles. The number of benzene rings is 1. The molecule has 0 aromatic heterocycles. The first-order chi connectivity index (χ1) is 11.0. The van der Waals surface area contributed by atoms with Crippen molar-refractivity contribution >= 4 is 11.8 Å². The zero-order valence-electron chi connectivity index (χ0n) is 14.0. The van der Waals surface area contributed by atoms with E-state index in [9.17, 15) is 9.59 Å². The molecule has 0 aliphatic heterocycles. The third-order valence-electron chi connectivity index (χ3n) is 2.89. The lowest BCUT2D eigenvalue weighted by Crippen LogP contribution is -2.42. The van der Waals surface area contributed by atoms with Gasteiger partial charge in [0.2, 0.25) is 5.91 Å². The van der Waals surface area contributed by atoms with Crippen molar-refractivity contribution in [1.82, 2.24) is 10.9 Å². The van der Waals surface area contributed by atoms with Crippen LogP contribution in [0.3, 0.4) is 0 Å². The Bertz CT molecular complexity index is 531. The molecular weight excluding hydrogens is 300 g/mol. The predicted octanol–water partition coefficient (Wildman–Crippen LogP) is 1.53. The number of nitrogens with one attached hydrogen (secondary N) is 2. The predicted molar refractivity (Wildman–Crippen MR) is 85.4 cm³/mol. The molecular formula is C16H24N2O5. The van der Waals surface area contributed by atoms with Gasteiger partial charge in [-0.05, 0) is 24.1 Å². The highest BCUT2D eigenvalue weighted by atomic mass is 16.5. The average Bonchev–Trinajstić information content (AvgIpc) is 2.55. The SMILES string of the molecule is COc1ccc(C(=O)NNC(=O)CCOCC(C)C)cc1OC. The lowest BCUT2D eigenvalue weighted by atomic mass is 10.2. The van der Waals surface area contributed by atoms with Gasteiger partial charge in [-0.25, -0.2) is 0 Å². The lowest BCUT2D eigenvalue weighted by Gasteiger charge is -2.11. The van der Waals surface area contributed by atoms with Gasteiger partial charge in [0.25, 0.3) is 5.91 Å². The summed E-state index contributed by atoms with van der Waals surface area (Å²) in [7, 11) is 3.00. The molecule has 1 aromatic rings. The van der Waals surface area contributed by atoms with E-state index >= 15 is 0 Å². The van der Waals surface area contributed by atoms with Crippen molar-refractivity contribution in [3.8, 4) is 11.5 Å². The maximum atomic E-state index is 12.0. The average molecular weight is 324 g/mol. The molecule has 0 saturated heterocycles. The molecule has 7 heteroatoms. The molecule has 0 saturated carbocycles. The lowest BCUT2D eigenvalue weighted by molar-refractivity contribution is -0.123. The summed E-state index contributed by atoms with van der Waals surface area (Å²) < 4.78 is 15.5. The molecule has 7 nitrogen and oxygen atoms in total. The van der Waals surface area contributed by atoms with Gasteiger partial charge in [-0.1, -0.05) is 13.8 Å². The molecule has 2 N–H and O–H groups in total. The first kappa shape index (κ1) is 18.8. The van der Waals surface area contributed by atoms with Crippen LogP contribution in [-0.2, 0) is 9.53 Å². The van der Waals surface area contributed by atoms with E-state index in [-0.39, 0.29) is 12.3 Å². The van der Waals surface area contributed by atoms with Gasteiger partial charge in [-0.2, -0.15) is 0 Å². The number of methoxy groups -OCH3 is 2. The minimum absolute atomic E-state index is 0.179. The third-order valence-corrected chi connectivity index (χ3v) is 2.89. The standard InChI is InChI=1S/C16H24N2O5/c1-11(2)10-23-8-7-15(19)17-18-16(20)12-5-6-13(21-3)14(9-12)22-4/h5-6,9,11H,7-8,10H2,1-4H3,(H,17,19)(H,18,20). The molecule has 128 valence electrons. The van der Waals surface area contributed by atoms with Gasteiger partial charge in [0.05, 0.1) is 27.2 Å². The summed E-state index contributed by atoms with van der Waals surface area (Å²) in [6.07, 6.45) is 0.179. The van der Waals surface area contributed by atoms with E-state index in [0.717, 1.165) is 0 Å². The Hall–Kier alpha value is -2.28. The highest BCUT2D eigenvalue weighted by molar-refractivity contribution is 5.96. The Balaban J connectivity index is 2.43. The molecule has 0 heterocycles. The maximum absolute atomic E-state index is 12.0. The minimum atomic E-state index is -0.442. The van der Waals surface area contributed by atoms with Gasteiger partial charge in [0.15, 0.2) is 11.5 Å². The number of hydrogen-bond acceptors (Lipinski definition) is 5. The minimum Gasteiger partial charge on any atom is -0.493 e. The molecule has 0 bridgehead atoms. The summed E-state index contributed by atoms with van der Waals surface area (Å²) in [5.41, 5.74) is 5.04. The molecule has 0 spiro atoms. The van der Waals surface area contributed by atoms with Gasteiger partial charge in [-0.15, -0.1) is 0 Å². The van der Waals surface area contributed by atoms with E-state index in [0.29, 0.717) is 36.2 Å². The highest BCUT2D eigenvalue weighted by Crippen LogP contribution is 2.27. The Morgan fingerprint density at radius 3 is 2.39 bits per heavy atom. The van der Waals surface area contributed by atoms with Crippen molar-refractivity contribution < 1.29 is 23.8 Å². The Kier molecular flexibility index (Phi) is 7.90. The molecule has 0 aliphatic rings. The molecule has 0 unspecified atom stereocenters. The molecule has 23 heavy (non-hydrogen) atoms. The second kappa shape index (κ2) is 9.68. The highest BCUT2D eigenvalue weighted by Gasteiger charge is 2.11. The van der Waals surface area contributed by atoms with Gasteiger partial charge in [0, 0.05) is 12.2 Å². The summed E-state index contributed by atoms with van der Waals surface area (Å²) in [4.78, 5) is 23.6. The molecule has 1 aromatic carbocycles. The molecule has 0 fully saturated rings. The monoisotopic (exact) mass is 324 g/mol. The summed E-state index contributed by atoms with van der Waals surface area (Å²) in [6.45, 7) is 4.98. The van der Waals surface area contributed by atoms with Crippen LogP contribution < -0.4 is 20.3 Å². The van der Waals surface area contributed by atoms with Crippen LogP contribution in [-0.4, -0.2) is 39.2 Å². The van der Waals surface area contributed by atoms with Crippen molar-refractivity contribution in [3.63, 3.8) is 0 Å². The summed E-state index contributed by atoms with van der Waals surface area (Å²) >= 11 is 0. The van der Waals surface area contributed by atoms with Crippen molar-refractivity contribution in [1.29, 1.82) is 0 Å². The van der Waals surface area contributed by atoms with Crippen LogP contribution in [0.25, 0.3) is 0 Å². The summed E-state index contributed by atoms with van der Waals surface area (Å²) in [5.74, 6) is 0.622. The van der Waals surface area contributed by atoms with Gasteiger partial charge >= 0.3 is 0 Å². The fraction of sp³-hybridized carbons (Fsp3) is 0.500. The van der Waals surface area contributed by atoms with Crippen LogP contribution in [0, 0.1) is 5.92 Å². The second-order valence-electron chi connectivity index (χ2n) is 5.29. The Morgan fingerprint density at radius 1 is 1.09 bits per heavy atom. The number of carbonyl (C=O) groups is 2. The first-order valence-electron chi connectivity index (χ1n) is 7.36. The van der Waals surface area contributed by atoms with Crippen molar-refractivity contribution in [2.24, 2.45) is 5.92 Å². The fourth-order valence-corrected chi connectivity index (χ4v) is 1.72. The zero-order chi connectivity index (χ0) is 17.2. The van der Waals surface area contributed by atoms with E-state index in [1.807, 2.05) is 13.8 Å². The quantitative estimate of drug-likeness (QED) is 0.559. The molecule has 1 rings (SSSR count). The van der Waals surface area contributed by atoms with Crippen LogP contribution in [0.5, 0.6) is 11.5 Å². The maximum Gasteiger partial charge on any atom is 0.269 e. The fourth-order valence-electron chi connectivity index (χ4n) is 1.72. The topological polar surface area (TPSA) is 85.9 Å². The number of hydrazine groups is 1. The Labute approximate surface area is 136 Å². The molecule has 0 radical (unpaired) electrons. The smallest absolute Gasteiger partial charge is 0.269 e. The van der Waals surface area contributed by atoms with Crippen molar-refractivity contribution in [2.75, 3.05) is 27.4 Å². The number of hydrogen-bond donors (Lipinski definition) is 2. The zero-order valence-corrected chi connectivity index (χ0v) is 14.0. The van der Waals surface area contributed by atoms with Gasteiger partial charge < -0.3 is 14.2 Å². The van der Waals surface area contributed by atoms with E-state index in [1.165, 1.54) is 20.3 Å². The van der Waals surface area contributed by atoms with E-state index in [4.69, 9.17) is 14.2 Å². The van der Waals surface area contributed by atoms with E-state index in [2.05, 4.69) is 10.9 Å². The number of carbonyl (C=O) groups excluding carboxylic acids is 2. The van der Waals surface area contributed by atoms with Crippen LogP contribution in [0.2, 0.25) is 0 Å². The van der Waals surface area contributed by atoms with Gasteiger partial charge in [0.1, 0.15) is 0 Å².